The van der Waals surface area contributed by atoms with Crippen LogP contribution in [0.2, 0.25) is 0 Å². The summed E-state index contributed by atoms with van der Waals surface area (Å²) in [5, 5.41) is 11.7. The molecule has 2 N–H and O–H groups in total. The fraction of sp³-hybridized carbons (Fsp3) is 0.348. The van der Waals surface area contributed by atoms with E-state index in [4.69, 9.17) is 14.6 Å². The number of aliphatic carboxylic acids is 1. The van der Waals surface area contributed by atoms with Gasteiger partial charge in [0.25, 0.3) is 0 Å². The van der Waals surface area contributed by atoms with Crippen molar-refractivity contribution >= 4 is 18.0 Å². The van der Waals surface area contributed by atoms with E-state index in [1.165, 1.54) is 0 Å². The van der Waals surface area contributed by atoms with Crippen molar-refractivity contribution in [3.8, 4) is 0 Å². The van der Waals surface area contributed by atoms with E-state index in [1.54, 1.807) is 0 Å². The number of esters is 1. The number of hydrogen-bond donors (Lipinski definition) is 2. The molecule has 2 aromatic rings. The Bertz CT molecular complexity index is 855. The average molecular weight is 411 g/mol. The largest absolute Gasteiger partial charge is 0.481 e. The van der Waals surface area contributed by atoms with E-state index in [1.807, 2.05) is 60.7 Å². The Balaban J connectivity index is 1.63. The summed E-state index contributed by atoms with van der Waals surface area (Å²) in [6.45, 7) is 0.135. The Hall–Kier alpha value is -3.35. The standard InChI is InChI=1S/C23H25NO6/c25-21(26)12-11-18-14-20(30-22(18)27)19(13-16-7-3-1-4-8-16)24-23(28)29-15-17-9-5-2-6-10-17/h1-10,18-20H,11-15H2,(H,24,28)(H,25,26)/t18-,19+,20+/m1/s1. The zero-order chi connectivity index (χ0) is 21.3. The smallest absolute Gasteiger partial charge is 0.407 e. The first-order valence-corrected chi connectivity index (χ1v) is 9.94. The van der Waals surface area contributed by atoms with Gasteiger partial charge in [0.05, 0.1) is 12.0 Å². The quantitative estimate of drug-likeness (QED) is 0.614. The molecule has 1 fully saturated rings. The minimum Gasteiger partial charge on any atom is -0.481 e. The highest BCUT2D eigenvalue weighted by atomic mass is 16.6. The predicted molar refractivity (Wildman–Crippen MR) is 109 cm³/mol. The zero-order valence-corrected chi connectivity index (χ0v) is 16.5. The second-order valence-electron chi connectivity index (χ2n) is 7.34. The fourth-order valence-electron chi connectivity index (χ4n) is 3.51. The molecule has 0 aromatic heterocycles. The molecule has 30 heavy (non-hydrogen) atoms. The molecule has 1 aliphatic heterocycles. The van der Waals surface area contributed by atoms with Gasteiger partial charge >= 0.3 is 18.0 Å². The molecule has 0 saturated carbocycles. The van der Waals surface area contributed by atoms with Crippen LogP contribution in [0.15, 0.2) is 60.7 Å². The summed E-state index contributed by atoms with van der Waals surface area (Å²) in [6, 6.07) is 18.4. The normalized spacial score (nSPS) is 19.0. The first-order chi connectivity index (χ1) is 14.5. The van der Waals surface area contributed by atoms with Crippen LogP contribution in [0.1, 0.15) is 30.4 Å². The number of carbonyl (C=O) groups excluding carboxylic acids is 2. The van der Waals surface area contributed by atoms with Gasteiger partial charge in [0.1, 0.15) is 12.7 Å². The van der Waals surface area contributed by atoms with E-state index in [2.05, 4.69) is 5.32 Å². The van der Waals surface area contributed by atoms with E-state index in [-0.39, 0.29) is 19.4 Å². The topological polar surface area (TPSA) is 102 Å². The molecule has 158 valence electrons. The fourth-order valence-corrected chi connectivity index (χ4v) is 3.51. The third-order valence-electron chi connectivity index (χ3n) is 5.09. The van der Waals surface area contributed by atoms with E-state index < -0.39 is 36.1 Å². The molecule has 7 nitrogen and oxygen atoms in total. The molecule has 1 amide bonds. The van der Waals surface area contributed by atoms with Crippen molar-refractivity contribution in [1.29, 1.82) is 0 Å². The van der Waals surface area contributed by atoms with Gasteiger partial charge in [0.2, 0.25) is 0 Å². The summed E-state index contributed by atoms with van der Waals surface area (Å²) in [5.74, 6) is -1.85. The molecule has 0 radical (unpaired) electrons. The van der Waals surface area contributed by atoms with Crippen LogP contribution in [-0.4, -0.2) is 35.3 Å². The number of hydrogen-bond acceptors (Lipinski definition) is 5. The summed E-state index contributed by atoms with van der Waals surface area (Å²) in [4.78, 5) is 35.4. The lowest BCUT2D eigenvalue weighted by molar-refractivity contribution is -0.145. The molecule has 1 aliphatic rings. The molecule has 3 atom stereocenters. The minimum atomic E-state index is -0.949. The Morgan fingerprint density at radius 3 is 2.33 bits per heavy atom. The molecular formula is C23H25NO6. The number of carbonyl (C=O) groups is 3. The van der Waals surface area contributed by atoms with E-state index in [9.17, 15) is 14.4 Å². The summed E-state index contributed by atoms with van der Waals surface area (Å²) >= 11 is 0. The van der Waals surface area contributed by atoms with Crippen LogP contribution in [0.4, 0.5) is 4.79 Å². The lowest BCUT2D eigenvalue weighted by atomic mass is 9.93. The summed E-state index contributed by atoms with van der Waals surface area (Å²) in [5.41, 5.74) is 1.85. The second-order valence-corrected chi connectivity index (χ2v) is 7.34. The van der Waals surface area contributed by atoms with Crippen molar-refractivity contribution in [1.82, 2.24) is 5.32 Å². The van der Waals surface area contributed by atoms with Crippen LogP contribution in [0.3, 0.4) is 0 Å². The van der Waals surface area contributed by atoms with Gasteiger partial charge in [-0.3, -0.25) is 9.59 Å². The van der Waals surface area contributed by atoms with Gasteiger partial charge in [0.15, 0.2) is 0 Å². The number of benzene rings is 2. The highest BCUT2D eigenvalue weighted by Gasteiger charge is 2.39. The number of ether oxygens (including phenoxy) is 2. The molecule has 1 saturated heterocycles. The van der Waals surface area contributed by atoms with Gasteiger partial charge in [-0.25, -0.2) is 4.79 Å². The van der Waals surface area contributed by atoms with Crippen LogP contribution in [-0.2, 0) is 32.1 Å². The maximum atomic E-state index is 12.4. The van der Waals surface area contributed by atoms with Gasteiger partial charge in [0, 0.05) is 6.42 Å². The van der Waals surface area contributed by atoms with Crippen LogP contribution in [0, 0.1) is 5.92 Å². The maximum absolute atomic E-state index is 12.4. The summed E-state index contributed by atoms with van der Waals surface area (Å²) in [7, 11) is 0. The molecule has 0 bridgehead atoms. The number of rotatable bonds is 9. The van der Waals surface area contributed by atoms with Crippen molar-refractivity contribution in [3.63, 3.8) is 0 Å². The number of carboxylic acid groups (broad SMARTS) is 1. The first-order valence-electron chi connectivity index (χ1n) is 9.94. The molecule has 7 heteroatoms. The van der Waals surface area contributed by atoms with E-state index in [0.717, 1.165) is 11.1 Å². The Morgan fingerprint density at radius 2 is 1.70 bits per heavy atom. The molecular weight excluding hydrogens is 386 g/mol. The van der Waals surface area contributed by atoms with Crippen molar-refractivity contribution in [2.75, 3.05) is 0 Å². The second kappa shape index (κ2) is 10.4. The van der Waals surface area contributed by atoms with E-state index in [0.29, 0.717) is 12.8 Å². The number of cyclic esters (lactones) is 1. The SMILES string of the molecule is O=C(O)CC[C@@H]1C[C@@H]([C@H](Cc2ccccc2)NC(=O)OCc2ccccc2)OC1=O. The Kier molecular flexibility index (Phi) is 7.43. The van der Waals surface area contributed by atoms with Gasteiger partial charge in [-0.15, -0.1) is 0 Å². The Labute approximate surface area is 175 Å². The Morgan fingerprint density at radius 1 is 1.07 bits per heavy atom. The zero-order valence-electron chi connectivity index (χ0n) is 16.5. The third-order valence-corrected chi connectivity index (χ3v) is 5.09. The monoisotopic (exact) mass is 411 g/mol. The van der Waals surface area contributed by atoms with Gasteiger partial charge in [-0.05, 0) is 30.4 Å². The summed E-state index contributed by atoms with van der Waals surface area (Å²) < 4.78 is 10.8. The van der Waals surface area contributed by atoms with Gasteiger partial charge in [-0.2, -0.15) is 0 Å². The number of nitrogens with one attached hydrogen (secondary N) is 1. The number of amides is 1. The van der Waals surface area contributed by atoms with Crippen LogP contribution in [0.5, 0.6) is 0 Å². The van der Waals surface area contributed by atoms with Crippen LogP contribution >= 0.6 is 0 Å². The lowest BCUT2D eigenvalue weighted by Crippen LogP contribution is -2.45. The number of carboxylic acids is 1. The van der Waals surface area contributed by atoms with Gasteiger partial charge < -0.3 is 19.9 Å². The van der Waals surface area contributed by atoms with Crippen molar-refractivity contribution in [2.24, 2.45) is 5.92 Å². The summed E-state index contributed by atoms with van der Waals surface area (Å²) in [6.07, 6.45) is -0.178. The average Bonchev–Trinajstić information content (AvgIpc) is 3.12. The lowest BCUT2D eigenvalue weighted by Gasteiger charge is -2.23. The highest BCUT2D eigenvalue weighted by Crippen LogP contribution is 2.28. The van der Waals surface area contributed by atoms with Crippen LogP contribution < -0.4 is 5.32 Å². The van der Waals surface area contributed by atoms with Gasteiger partial charge in [-0.1, -0.05) is 60.7 Å². The van der Waals surface area contributed by atoms with Crippen molar-refractivity contribution in [3.05, 3.63) is 71.8 Å². The number of alkyl carbamates (subject to hydrolysis) is 1. The molecule has 1 heterocycles. The molecule has 0 spiro atoms. The molecule has 3 rings (SSSR count). The van der Waals surface area contributed by atoms with E-state index >= 15 is 0 Å². The highest BCUT2D eigenvalue weighted by molar-refractivity contribution is 5.76. The third kappa shape index (κ3) is 6.34. The predicted octanol–water partition coefficient (Wildman–Crippen LogP) is 3.32. The van der Waals surface area contributed by atoms with Crippen molar-refractivity contribution in [2.45, 2.75) is 44.4 Å². The van der Waals surface area contributed by atoms with Crippen LogP contribution in [0.25, 0.3) is 0 Å². The minimum absolute atomic E-state index is 0.0949. The maximum Gasteiger partial charge on any atom is 0.407 e. The first kappa shape index (κ1) is 21.4. The molecule has 2 aromatic carbocycles. The molecule has 0 aliphatic carbocycles. The van der Waals surface area contributed by atoms with Crippen molar-refractivity contribution < 1.29 is 29.0 Å². The molecule has 0 unspecified atom stereocenters.